The summed E-state index contributed by atoms with van der Waals surface area (Å²) >= 11 is 8.75. The maximum atomic E-state index is 12.0. The molecule has 0 saturated carbocycles. The van der Waals surface area contributed by atoms with Gasteiger partial charge >= 0.3 is 0 Å². The van der Waals surface area contributed by atoms with Crippen molar-refractivity contribution in [3.05, 3.63) is 162 Å². The number of nitro groups is 1. The molecule has 1 unspecified atom stereocenters. The van der Waals surface area contributed by atoms with Crippen molar-refractivity contribution >= 4 is 70.9 Å². The van der Waals surface area contributed by atoms with Crippen molar-refractivity contribution in [3.63, 3.8) is 0 Å². The van der Waals surface area contributed by atoms with Crippen LogP contribution in [-0.4, -0.2) is 24.7 Å². The number of aromatic nitrogens is 1. The molecule has 0 saturated heterocycles. The highest BCUT2D eigenvalue weighted by Crippen LogP contribution is 2.52. The second-order valence-electron chi connectivity index (χ2n) is 13.2. The molecule has 0 radical (unpaired) electrons. The highest BCUT2D eigenvalue weighted by Gasteiger charge is 2.45. The Morgan fingerprint density at radius 3 is 2.27 bits per heavy atom. The Morgan fingerprint density at radius 2 is 1.60 bits per heavy atom. The molecule has 264 valence electrons. The van der Waals surface area contributed by atoms with Crippen molar-refractivity contribution in [2.24, 2.45) is 5.92 Å². The molecule has 1 aliphatic carbocycles. The summed E-state index contributed by atoms with van der Waals surface area (Å²) in [6.45, 7) is 6.55. The Kier molecular flexibility index (Phi) is 10.8. The number of thiazole rings is 1. The van der Waals surface area contributed by atoms with Gasteiger partial charge in [-0.1, -0.05) is 79.6 Å². The van der Waals surface area contributed by atoms with Crippen LogP contribution in [0, 0.1) is 23.0 Å². The number of aryl methyl sites for hydroxylation is 1. The number of benzene rings is 4. The highest BCUT2D eigenvalue weighted by atomic mass is 79.9. The van der Waals surface area contributed by atoms with Gasteiger partial charge in [-0.25, -0.2) is 0 Å². The number of nitro benzene ring substituents is 1. The molecule has 7 rings (SSSR count). The molecule has 4 aromatic carbocycles. The summed E-state index contributed by atoms with van der Waals surface area (Å²) in [5, 5.41) is 13.1. The predicted octanol–water partition coefficient (Wildman–Crippen LogP) is 10.9. The van der Waals surface area contributed by atoms with Crippen molar-refractivity contribution < 1.29 is 19.0 Å². The molecular weight excluding hydrogens is 802 g/mol. The van der Waals surface area contributed by atoms with E-state index in [0.717, 1.165) is 48.8 Å². The van der Waals surface area contributed by atoms with Crippen LogP contribution in [-0.2, 0) is 12.0 Å². The topological polar surface area (TPSA) is 68.7 Å². The lowest BCUT2D eigenvalue weighted by molar-refractivity contribution is -0.669. The first-order valence-corrected chi connectivity index (χ1v) is 19.6. The minimum Gasteiger partial charge on any atom is -0.492 e. The van der Waals surface area contributed by atoms with E-state index in [0.29, 0.717) is 26.3 Å². The molecule has 2 heterocycles. The van der Waals surface area contributed by atoms with Crippen LogP contribution >= 0.6 is 43.2 Å². The Morgan fingerprint density at radius 1 is 0.923 bits per heavy atom. The van der Waals surface area contributed by atoms with E-state index in [1.165, 1.54) is 15.8 Å². The molecule has 1 aliphatic heterocycles. The third-order valence-corrected chi connectivity index (χ3v) is 11.7. The van der Waals surface area contributed by atoms with E-state index >= 15 is 0 Å². The minimum absolute atomic E-state index is 0.0947. The molecular formula is C42H38Br2N3O4S+. The summed E-state index contributed by atoms with van der Waals surface area (Å²) in [5.74, 6) is 1.83. The van der Waals surface area contributed by atoms with Gasteiger partial charge in [0, 0.05) is 50.0 Å². The number of hydrogen-bond acceptors (Lipinski definition) is 6. The number of ether oxygens (including phenoxy) is 2. The number of halogens is 2. The first kappa shape index (κ1) is 35.9. The summed E-state index contributed by atoms with van der Waals surface area (Å²) in [6, 6.07) is 27.5. The van der Waals surface area contributed by atoms with Crippen molar-refractivity contribution in [1.29, 1.82) is 0 Å². The Balaban J connectivity index is 1.24. The average molecular weight is 841 g/mol. The monoisotopic (exact) mass is 838 g/mol. The van der Waals surface area contributed by atoms with Crippen LogP contribution in [0.25, 0.3) is 16.3 Å². The van der Waals surface area contributed by atoms with Crippen LogP contribution in [0.2, 0.25) is 0 Å². The zero-order chi connectivity index (χ0) is 36.2. The largest absolute Gasteiger partial charge is 0.492 e. The molecule has 52 heavy (non-hydrogen) atoms. The van der Waals surface area contributed by atoms with Crippen LogP contribution in [0.3, 0.4) is 0 Å². The van der Waals surface area contributed by atoms with Crippen LogP contribution in [0.15, 0.2) is 136 Å². The van der Waals surface area contributed by atoms with Gasteiger partial charge in [0.05, 0.1) is 11.5 Å². The third-order valence-electron chi connectivity index (χ3n) is 9.58. The van der Waals surface area contributed by atoms with E-state index in [9.17, 15) is 10.1 Å². The fraction of sp³-hybridized carbons (Fsp3) is 0.214. The van der Waals surface area contributed by atoms with Gasteiger partial charge in [0.2, 0.25) is 5.52 Å². The van der Waals surface area contributed by atoms with Crippen molar-refractivity contribution in [2.75, 3.05) is 24.7 Å². The molecule has 0 N–H and O–H groups in total. The van der Waals surface area contributed by atoms with Crippen LogP contribution < -0.4 is 18.9 Å². The molecule has 0 amide bonds. The first-order valence-electron chi connectivity index (χ1n) is 17.2. The fourth-order valence-electron chi connectivity index (χ4n) is 7.06. The number of nitrogens with zero attached hydrogens (tertiary/aromatic N) is 3. The molecule has 0 bridgehead atoms. The second-order valence-corrected chi connectivity index (χ2v) is 16.1. The van der Waals surface area contributed by atoms with Crippen molar-refractivity contribution in [2.45, 2.75) is 32.2 Å². The Labute approximate surface area is 324 Å². The van der Waals surface area contributed by atoms with E-state index in [-0.39, 0.29) is 16.5 Å². The van der Waals surface area contributed by atoms with E-state index in [1.807, 2.05) is 54.6 Å². The van der Waals surface area contributed by atoms with Gasteiger partial charge in [-0.15, -0.1) is 0 Å². The van der Waals surface area contributed by atoms with Crippen LogP contribution in [0.4, 0.5) is 11.4 Å². The number of rotatable bonds is 13. The molecule has 7 nitrogen and oxygen atoms in total. The lowest BCUT2D eigenvalue weighted by atomic mass is 9.74. The summed E-state index contributed by atoms with van der Waals surface area (Å²) in [6.07, 6.45) is 15.8. The molecule has 10 heteroatoms. The van der Waals surface area contributed by atoms with Gasteiger partial charge in [-0.3, -0.25) is 10.1 Å². The van der Waals surface area contributed by atoms with Gasteiger partial charge in [0.25, 0.3) is 10.7 Å². The van der Waals surface area contributed by atoms with Crippen molar-refractivity contribution in [3.8, 4) is 11.5 Å². The molecule has 1 aromatic heterocycles. The maximum absolute atomic E-state index is 12.0. The standard InChI is InChI=1S/C42H38Br2N3O4S/c1-29-10-20-38-39(26-29)52-41(46(38)23-25-51-35-18-13-32(44)14-19-35)9-5-8-40-42(2,28-30-6-3-4-7-30)36-27-33(47(48)49)15-21-37(36)45(40)22-24-50-34-16-11-31(43)12-17-34/h3-21,26-27,30H,22-25,28H2,1-2H3/q+1. The zero-order valence-corrected chi connectivity index (χ0v) is 32.9. The predicted molar refractivity (Wildman–Crippen MR) is 217 cm³/mol. The summed E-state index contributed by atoms with van der Waals surface area (Å²) < 4.78 is 17.9. The Hall–Kier alpha value is -4.51. The fourth-order valence-corrected chi connectivity index (χ4v) is 8.78. The van der Waals surface area contributed by atoms with Gasteiger partial charge in [-0.2, -0.15) is 4.57 Å². The summed E-state index contributed by atoms with van der Waals surface area (Å²) in [7, 11) is 0. The van der Waals surface area contributed by atoms with E-state index in [2.05, 4.69) is 116 Å². The number of allylic oxidation sites excluding steroid dienone is 7. The van der Waals surface area contributed by atoms with Crippen molar-refractivity contribution in [1.82, 2.24) is 0 Å². The molecule has 2 aliphatic rings. The highest BCUT2D eigenvalue weighted by molar-refractivity contribution is 9.10. The summed E-state index contributed by atoms with van der Waals surface area (Å²) in [5.41, 5.74) is 4.98. The quantitative estimate of drug-likeness (QED) is 0.0671. The smallest absolute Gasteiger partial charge is 0.269 e. The van der Waals surface area contributed by atoms with E-state index < -0.39 is 5.41 Å². The number of anilines is 1. The SMILES string of the molecule is Cc1ccc2c(c1)sc(/C=C/C=C1/N(CCOc3ccc(Br)cc3)c3ccc([N+](=O)[O-])cc3C1(C)CC1C=CC=C1)[n+]2CCOc1ccc(Br)cc1. The van der Waals surface area contributed by atoms with Gasteiger partial charge < -0.3 is 14.4 Å². The zero-order valence-electron chi connectivity index (χ0n) is 28.9. The van der Waals surface area contributed by atoms with Gasteiger partial charge in [0.1, 0.15) is 29.4 Å². The average Bonchev–Trinajstić information content (AvgIpc) is 3.82. The van der Waals surface area contributed by atoms with E-state index in [4.69, 9.17) is 9.47 Å². The first-order chi connectivity index (χ1) is 25.2. The molecule has 1 atom stereocenters. The number of hydrogen-bond donors (Lipinski definition) is 0. The molecule has 5 aromatic rings. The summed E-state index contributed by atoms with van der Waals surface area (Å²) in [4.78, 5) is 14.0. The van der Waals surface area contributed by atoms with Gasteiger partial charge in [0.15, 0.2) is 6.54 Å². The Bertz CT molecular complexity index is 2210. The minimum atomic E-state index is -0.501. The second kappa shape index (κ2) is 15.6. The molecule has 0 spiro atoms. The van der Waals surface area contributed by atoms with Crippen LogP contribution in [0.1, 0.15) is 29.5 Å². The normalized spacial score (nSPS) is 17.5. The van der Waals surface area contributed by atoms with Crippen LogP contribution in [0.5, 0.6) is 11.5 Å². The lowest BCUT2D eigenvalue weighted by Crippen LogP contribution is -2.38. The lowest BCUT2D eigenvalue weighted by Gasteiger charge is -2.31. The molecule has 0 fully saturated rings. The maximum Gasteiger partial charge on any atom is 0.269 e. The number of non-ortho nitro benzene ring substituents is 1. The van der Waals surface area contributed by atoms with E-state index in [1.54, 1.807) is 23.5 Å². The van der Waals surface area contributed by atoms with Gasteiger partial charge in [-0.05, 0) is 104 Å². The number of fused-ring (bicyclic) bond motifs is 2. The third kappa shape index (κ3) is 7.79.